The number of carbonyl (C=O) groups excluding carboxylic acids is 1. The molecular weight excluding hydrogens is 240 g/mol. The number of carbonyl (C=O) groups is 1. The Hall–Kier alpha value is -2.36. The first-order valence-corrected chi connectivity index (χ1v) is 6.15. The lowest BCUT2D eigenvalue weighted by atomic mass is 10.3. The van der Waals surface area contributed by atoms with Crippen molar-refractivity contribution in [3.8, 4) is 5.75 Å². The number of aryl methyl sites for hydroxylation is 1. The standard InChI is InChI=1S/C15H16N2O2/c1-12-14(8-5-10-16-12)17-15(18)9-11-19-13-6-3-2-4-7-13/h2-8,10H,9,11H2,1H3,(H,17,18). The second-order valence-electron chi connectivity index (χ2n) is 4.10. The smallest absolute Gasteiger partial charge is 0.227 e. The fourth-order valence-electron chi connectivity index (χ4n) is 1.61. The molecule has 2 aromatic rings. The lowest BCUT2D eigenvalue weighted by Crippen LogP contribution is -2.16. The molecule has 0 atom stereocenters. The number of para-hydroxylation sites is 1. The minimum atomic E-state index is -0.0768. The van der Waals surface area contributed by atoms with Crippen molar-refractivity contribution in [3.63, 3.8) is 0 Å². The summed E-state index contributed by atoms with van der Waals surface area (Å²) in [6, 6.07) is 13.1. The first-order chi connectivity index (χ1) is 9.25. The van der Waals surface area contributed by atoms with Gasteiger partial charge in [0.1, 0.15) is 5.75 Å². The molecule has 0 saturated carbocycles. The van der Waals surface area contributed by atoms with E-state index in [0.717, 1.165) is 17.1 Å². The van der Waals surface area contributed by atoms with E-state index in [-0.39, 0.29) is 5.91 Å². The predicted molar refractivity (Wildman–Crippen MR) is 74.2 cm³/mol. The summed E-state index contributed by atoms with van der Waals surface area (Å²) in [4.78, 5) is 15.9. The van der Waals surface area contributed by atoms with E-state index in [1.54, 1.807) is 12.3 Å². The summed E-state index contributed by atoms with van der Waals surface area (Å²) in [5, 5.41) is 2.82. The monoisotopic (exact) mass is 256 g/mol. The van der Waals surface area contributed by atoms with Gasteiger partial charge in [-0.05, 0) is 31.2 Å². The summed E-state index contributed by atoms with van der Waals surface area (Å²) in [6.45, 7) is 2.21. The van der Waals surface area contributed by atoms with Crippen LogP contribution < -0.4 is 10.1 Å². The van der Waals surface area contributed by atoms with Gasteiger partial charge in [0, 0.05) is 6.20 Å². The molecule has 0 spiro atoms. The maximum absolute atomic E-state index is 11.7. The molecule has 2 rings (SSSR count). The van der Waals surface area contributed by atoms with Gasteiger partial charge in [0.05, 0.1) is 24.4 Å². The number of pyridine rings is 1. The summed E-state index contributed by atoms with van der Waals surface area (Å²) in [5.74, 6) is 0.694. The van der Waals surface area contributed by atoms with Gasteiger partial charge in [0.2, 0.25) is 5.91 Å². The molecule has 1 N–H and O–H groups in total. The van der Waals surface area contributed by atoms with Crippen LogP contribution in [0.15, 0.2) is 48.7 Å². The van der Waals surface area contributed by atoms with Gasteiger partial charge in [-0.25, -0.2) is 0 Å². The van der Waals surface area contributed by atoms with Crippen molar-refractivity contribution in [1.29, 1.82) is 0 Å². The number of benzene rings is 1. The number of nitrogens with zero attached hydrogens (tertiary/aromatic N) is 1. The highest BCUT2D eigenvalue weighted by Gasteiger charge is 2.05. The Bertz CT molecular complexity index is 541. The van der Waals surface area contributed by atoms with Gasteiger partial charge in [-0.1, -0.05) is 18.2 Å². The van der Waals surface area contributed by atoms with Crippen LogP contribution in [0.5, 0.6) is 5.75 Å². The maximum atomic E-state index is 11.7. The molecule has 0 radical (unpaired) electrons. The van der Waals surface area contributed by atoms with E-state index in [0.29, 0.717) is 13.0 Å². The van der Waals surface area contributed by atoms with Gasteiger partial charge >= 0.3 is 0 Å². The van der Waals surface area contributed by atoms with Crippen molar-refractivity contribution in [1.82, 2.24) is 4.98 Å². The largest absolute Gasteiger partial charge is 0.493 e. The van der Waals surface area contributed by atoms with E-state index >= 15 is 0 Å². The second-order valence-corrected chi connectivity index (χ2v) is 4.10. The highest BCUT2D eigenvalue weighted by Crippen LogP contribution is 2.11. The average Bonchev–Trinajstić information content (AvgIpc) is 2.43. The first-order valence-electron chi connectivity index (χ1n) is 6.15. The number of aromatic nitrogens is 1. The van der Waals surface area contributed by atoms with Crippen molar-refractivity contribution < 1.29 is 9.53 Å². The Labute approximate surface area is 112 Å². The van der Waals surface area contributed by atoms with Crippen LogP contribution in [0.2, 0.25) is 0 Å². The topological polar surface area (TPSA) is 51.2 Å². The number of anilines is 1. The average molecular weight is 256 g/mol. The van der Waals surface area contributed by atoms with Crippen LogP contribution in [0.4, 0.5) is 5.69 Å². The fraction of sp³-hybridized carbons (Fsp3) is 0.200. The number of hydrogen-bond donors (Lipinski definition) is 1. The number of amides is 1. The van der Waals surface area contributed by atoms with E-state index in [1.807, 2.05) is 43.3 Å². The van der Waals surface area contributed by atoms with Crippen LogP contribution in [0.25, 0.3) is 0 Å². The molecule has 0 unspecified atom stereocenters. The number of nitrogens with one attached hydrogen (secondary N) is 1. The molecule has 0 fully saturated rings. The summed E-state index contributed by atoms with van der Waals surface area (Å²) in [5.41, 5.74) is 1.55. The molecule has 19 heavy (non-hydrogen) atoms. The van der Waals surface area contributed by atoms with Crippen LogP contribution >= 0.6 is 0 Å². The Balaban J connectivity index is 1.78. The van der Waals surface area contributed by atoms with Crippen molar-refractivity contribution >= 4 is 11.6 Å². The Morgan fingerprint density at radius 3 is 2.74 bits per heavy atom. The molecule has 0 bridgehead atoms. The number of ether oxygens (including phenoxy) is 1. The molecule has 0 aliphatic carbocycles. The quantitative estimate of drug-likeness (QED) is 0.895. The van der Waals surface area contributed by atoms with Crippen molar-refractivity contribution in [2.45, 2.75) is 13.3 Å². The molecule has 1 aromatic carbocycles. The van der Waals surface area contributed by atoms with Crippen LogP contribution in [0.1, 0.15) is 12.1 Å². The molecule has 0 aliphatic heterocycles. The van der Waals surface area contributed by atoms with E-state index in [2.05, 4.69) is 10.3 Å². The molecule has 1 aromatic heterocycles. The van der Waals surface area contributed by atoms with E-state index in [4.69, 9.17) is 4.74 Å². The molecule has 1 amide bonds. The molecular formula is C15H16N2O2. The zero-order chi connectivity index (χ0) is 13.5. The summed E-state index contributed by atoms with van der Waals surface area (Å²) in [7, 11) is 0. The number of rotatable bonds is 5. The zero-order valence-electron chi connectivity index (χ0n) is 10.8. The summed E-state index contributed by atoms with van der Waals surface area (Å²) >= 11 is 0. The fourth-order valence-corrected chi connectivity index (χ4v) is 1.61. The van der Waals surface area contributed by atoms with E-state index < -0.39 is 0 Å². The molecule has 1 heterocycles. The van der Waals surface area contributed by atoms with Crippen LogP contribution in [-0.2, 0) is 4.79 Å². The van der Waals surface area contributed by atoms with Gasteiger partial charge in [-0.2, -0.15) is 0 Å². The molecule has 98 valence electrons. The highest BCUT2D eigenvalue weighted by molar-refractivity contribution is 5.91. The Kier molecular flexibility index (Phi) is 4.50. The Morgan fingerprint density at radius 2 is 2.00 bits per heavy atom. The normalized spacial score (nSPS) is 9.95. The highest BCUT2D eigenvalue weighted by atomic mass is 16.5. The summed E-state index contributed by atoms with van der Waals surface area (Å²) in [6.07, 6.45) is 2.01. The molecule has 4 heteroatoms. The van der Waals surface area contributed by atoms with Gasteiger partial charge in [-0.3, -0.25) is 9.78 Å². The van der Waals surface area contributed by atoms with E-state index in [9.17, 15) is 4.79 Å². The third kappa shape index (κ3) is 4.10. The molecule has 0 saturated heterocycles. The lowest BCUT2D eigenvalue weighted by molar-refractivity contribution is -0.116. The Morgan fingerprint density at radius 1 is 1.21 bits per heavy atom. The lowest BCUT2D eigenvalue weighted by Gasteiger charge is -2.08. The van der Waals surface area contributed by atoms with Gasteiger partial charge in [0.15, 0.2) is 0 Å². The van der Waals surface area contributed by atoms with E-state index in [1.165, 1.54) is 0 Å². The second kappa shape index (κ2) is 6.54. The van der Waals surface area contributed by atoms with Crippen molar-refractivity contribution in [3.05, 3.63) is 54.4 Å². The third-order valence-electron chi connectivity index (χ3n) is 2.62. The van der Waals surface area contributed by atoms with Crippen molar-refractivity contribution in [2.24, 2.45) is 0 Å². The van der Waals surface area contributed by atoms with Gasteiger partial charge in [-0.15, -0.1) is 0 Å². The first kappa shape index (κ1) is 13.1. The number of hydrogen-bond acceptors (Lipinski definition) is 3. The predicted octanol–water partition coefficient (Wildman–Crippen LogP) is 2.80. The van der Waals surface area contributed by atoms with Crippen molar-refractivity contribution in [2.75, 3.05) is 11.9 Å². The van der Waals surface area contributed by atoms with Gasteiger partial charge in [0.25, 0.3) is 0 Å². The SMILES string of the molecule is Cc1ncccc1NC(=O)CCOc1ccccc1. The maximum Gasteiger partial charge on any atom is 0.227 e. The third-order valence-corrected chi connectivity index (χ3v) is 2.62. The molecule has 4 nitrogen and oxygen atoms in total. The summed E-state index contributed by atoms with van der Waals surface area (Å²) < 4.78 is 5.47. The minimum Gasteiger partial charge on any atom is -0.493 e. The van der Waals surface area contributed by atoms with Crippen LogP contribution in [0, 0.1) is 6.92 Å². The zero-order valence-corrected chi connectivity index (χ0v) is 10.8. The molecule has 0 aliphatic rings. The minimum absolute atomic E-state index is 0.0768. The van der Waals surface area contributed by atoms with Gasteiger partial charge < -0.3 is 10.1 Å². The van der Waals surface area contributed by atoms with Crippen LogP contribution in [0.3, 0.4) is 0 Å². The van der Waals surface area contributed by atoms with Crippen LogP contribution in [-0.4, -0.2) is 17.5 Å².